The van der Waals surface area contributed by atoms with Gasteiger partial charge in [-0.05, 0) is 6.92 Å². The number of aromatic nitrogens is 2. The lowest BCUT2D eigenvalue weighted by Crippen LogP contribution is -2.31. The summed E-state index contributed by atoms with van der Waals surface area (Å²) in [5, 5.41) is 11.3. The van der Waals surface area contributed by atoms with Crippen LogP contribution in [0.4, 0.5) is 0 Å². The van der Waals surface area contributed by atoms with Crippen LogP contribution in [-0.2, 0) is 23.6 Å². The fraction of sp³-hybridized carbons (Fsp3) is 0.500. The summed E-state index contributed by atoms with van der Waals surface area (Å²) in [7, 11) is -1.80. The fourth-order valence-electron chi connectivity index (χ4n) is 0.941. The van der Waals surface area contributed by atoms with E-state index in [1.165, 1.54) is 6.92 Å². The summed E-state index contributed by atoms with van der Waals surface area (Å²) in [4.78, 5) is 0. The Morgan fingerprint density at radius 2 is 2.40 bits per heavy atom. The second-order valence-electron chi connectivity index (χ2n) is 3.16. The standard InChI is InChI=1S/C8H12N4O2S/c1-7(3-9)15(13,14)11-5-8-4-10-12(2)6-8/h4,6-7,11H,5H2,1-2H3. The van der Waals surface area contributed by atoms with E-state index in [0.29, 0.717) is 0 Å². The van der Waals surface area contributed by atoms with Crippen molar-refractivity contribution in [3.05, 3.63) is 18.0 Å². The minimum absolute atomic E-state index is 0.155. The van der Waals surface area contributed by atoms with Gasteiger partial charge >= 0.3 is 0 Å². The van der Waals surface area contributed by atoms with Gasteiger partial charge in [0.1, 0.15) is 0 Å². The fourth-order valence-corrected chi connectivity index (χ4v) is 1.70. The quantitative estimate of drug-likeness (QED) is 0.769. The van der Waals surface area contributed by atoms with Crippen LogP contribution in [-0.4, -0.2) is 23.4 Å². The molecule has 15 heavy (non-hydrogen) atoms. The van der Waals surface area contributed by atoms with E-state index in [2.05, 4.69) is 9.82 Å². The summed E-state index contributed by atoms with van der Waals surface area (Å²) in [5.41, 5.74) is 0.756. The molecule has 1 heterocycles. The monoisotopic (exact) mass is 228 g/mol. The Kier molecular flexibility index (Phi) is 3.44. The van der Waals surface area contributed by atoms with Crippen LogP contribution in [0.1, 0.15) is 12.5 Å². The molecule has 0 aliphatic carbocycles. The Labute approximate surface area is 88.6 Å². The van der Waals surface area contributed by atoms with Crippen molar-refractivity contribution in [3.8, 4) is 6.07 Å². The zero-order valence-corrected chi connectivity index (χ0v) is 9.32. The van der Waals surface area contributed by atoms with Gasteiger partial charge in [0.25, 0.3) is 0 Å². The zero-order valence-electron chi connectivity index (χ0n) is 8.51. The number of nitrogens with one attached hydrogen (secondary N) is 1. The average molecular weight is 228 g/mol. The molecule has 0 fully saturated rings. The first-order valence-corrected chi connectivity index (χ1v) is 5.86. The molecule has 0 saturated heterocycles. The Hall–Kier alpha value is -1.39. The van der Waals surface area contributed by atoms with Crippen LogP contribution in [0.15, 0.2) is 12.4 Å². The normalized spacial score (nSPS) is 13.4. The molecule has 1 aromatic rings. The highest BCUT2D eigenvalue weighted by molar-refractivity contribution is 7.90. The highest BCUT2D eigenvalue weighted by Gasteiger charge is 2.19. The number of nitriles is 1. The zero-order chi connectivity index (χ0) is 11.5. The molecule has 0 radical (unpaired) electrons. The van der Waals surface area contributed by atoms with Crippen molar-refractivity contribution in [1.82, 2.24) is 14.5 Å². The molecular formula is C8H12N4O2S. The number of sulfonamides is 1. The number of rotatable bonds is 4. The Morgan fingerprint density at radius 1 is 1.73 bits per heavy atom. The van der Waals surface area contributed by atoms with E-state index in [9.17, 15) is 8.42 Å². The number of aryl methyl sites for hydroxylation is 1. The highest BCUT2D eigenvalue weighted by Crippen LogP contribution is 2.00. The predicted octanol–water partition coefficient (Wildman–Crippen LogP) is -0.248. The number of hydrogen-bond donors (Lipinski definition) is 1. The third-order valence-corrected chi connectivity index (χ3v) is 3.47. The molecule has 0 aromatic carbocycles. The minimum atomic E-state index is -3.55. The van der Waals surface area contributed by atoms with Crippen molar-refractivity contribution in [2.45, 2.75) is 18.7 Å². The summed E-state index contributed by atoms with van der Waals surface area (Å²) in [6, 6.07) is 1.68. The molecule has 6 nitrogen and oxygen atoms in total. The van der Waals surface area contributed by atoms with E-state index in [1.54, 1.807) is 30.2 Å². The van der Waals surface area contributed by atoms with Crippen LogP contribution in [0.3, 0.4) is 0 Å². The van der Waals surface area contributed by atoms with Gasteiger partial charge < -0.3 is 0 Å². The molecule has 1 unspecified atom stereocenters. The molecular weight excluding hydrogens is 216 g/mol. The van der Waals surface area contributed by atoms with Crippen molar-refractivity contribution in [2.24, 2.45) is 7.05 Å². The molecule has 1 aromatic heterocycles. The van der Waals surface area contributed by atoms with E-state index in [0.717, 1.165) is 5.56 Å². The largest absolute Gasteiger partial charge is 0.275 e. The third kappa shape index (κ3) is 3.04. The topological polar surface area (TPSA) is 87.8 Å². The van der Waals surface area contributed by atoms with Crippen molar-refractivity contribution >= 4 is 10.0 Å². The van der Waals surface area contributed by atoms with E-state index in [1.807, 2.05) is 0 Å². The molecule has 0 amide bonds. The Morgan fingerprint density at radius 3 is 2.87 bits per heavy atom. The molecule has 0 saturated carbocycles. The van der Waals surface area contributed by atoms with Gasteiger partial charge in [-0.15, -0.1) is 0 Å². The average Bonchev–Trinajstić information content (AvgIpc) is 2.60. The maximum Gasteiger partial charge on any atom is 0.227 e. The molecule has 0 bridgehead atoms. The lowest BCUT2D eigenvalue weighted by Gasteiger charge is -2.05. The van der Waals surface area contributed by atoms with Crippen LogP contribution in [0.25, 0.3) is 0 Å². The predicted molar refractivity (Wildman–Crippen MR) is 54.0 cm³/mol. The first-order valence-electron chi connectivity index (χ1n) is 4.31. The Balaban J connectivity index is 2.62. The minimum Gasteiger partial charge on any atom is -0.275 e. The lowest BCUT2D eigenvalue weighted by atomic mass is 10.4. The molecule has 82 valence electrons. The number of nitrogens with zero attached hydrogens (tertiary/aromatic N) is 3. The maximum absolute atomic E-state index is 11.4. The van der Waals surface area contributed by atoms with E-state index < -0.39 is 15.3 Å². The van der Waals surface area contributed by atoms with Crippen LogP contribution < -0.4 is 4.72 Å². The van der Waals surface area contributed by atoms with Crippen LogP contribution in [0, 0.1) is 11.3 Å². The third-order valence-electron chi connectivity index (χ3n) is 1.88. The first kappa shape index (κ1) is 11.7. The lowest BCUT2D eigenvalue weighted by molar-refractivity contribution is 0.577. The summed E-state index contributed by atoms with van der Waals surface area (Å²) in [6.07, 6.45) is 3.28. The second-order valence-corrected chi connectivity index (χ2v) is 5.25. The molecule has 0 aliphatic rings. The van der Waals surface area contributed by atoms with E-state index in [4.69, 9.17) is 5.26 Å². The maximum atomic E-state index is 11.4. The van der Waals surface area contributed by atoms with Crippen molar-refractivity contribution < 1.29 is 8.42 Å². The van der Waals surface area contributed by atoms with Crippen LogP contribution in [0.2, 0.25) is 0 Å². The number of hydrogen-bond acceptors (Lipinski definition) is 4. The van der Waals surface area contributed by atoms with Crippen molar-refractivity contribution in [2.75, 3.05) is 0 Å². The molecule has 1 N–H and O–H groups in total. The van der Waals surface area contributed by atoms with Crippen LogP contribution >= 0.6 is 0 Å². The summed E-state index contributed by atoms with van der Waals surface area (Å²) in [5.74, 6) is 0. The van der Waals surface area contributed by atoms with Gasteiger partial charge in [0.2, 0.25) is 10.0 Å². The highest BCUT2D eigenvalue weighted by atomic mass is 32.2. The van der Waals surface area contributed by atoms with Gasteiger partial charge in [-0.25, -0.2) is 13.1 Å². The smallest absolute Gasteiger partial charge is 0.227 e. The van der Waals surface area contributed by atoms with Gasteiger partial charge in [-0.1, -0.05) is 0 Å². The first-order chi connectivity index (χ1) is 6.95. The van der Waals surface area contributed by atoms with Gasteiger partial charge in [0, 0.05) is 25.4 Å². The Bertz CT molecular complexity index is 471. The molecule has 7 heteroatoms. The second kappa shape index (κ2) is 4.42. The molecule has 1 atom stereocenters. The van der Waals surface area contributed by atoms with Crippen LogP contribution in [0.5, 0.6) is 0 Å². The molecule has 0 spiro atoms. The summed E-state index contributed by atoms with van der Waals surface area (Å²) < 4.78 is 26.7. The summed E-state index contributed by atoms with van der Waals surface area (Å²) >= 11 is 0. The SMILES string of the molecule is CC(C#N)S(=O)(=O)NCc1cnn(C)c1. The molecule has 0 aliphatic heterocycles. The van der Waals surface area contributed by atoms with Gasteiger partial charge in [0.15, 0.2) is 5.25 Å². The van der Waals surface area contributed by atoms with Crippen molar-refractivity contribution in [1.29, 1.82) is 5.26 Å². The van der Waals surface area contributed by atoms with E-state index in [-0.39, 0.29) is 6.54 Å². The molecule has 1 rings (SSSR count). The van der Waals surface area contributed by atoms with Gasteiger partial charge in [-0.2, -0.15) is 10.4 Å². The van der Waals surface area contributed by atoms with E-state index >= 15 is 0 Å². The van der Waals surface area contributed by atoms with Crippen molar-refractivity contribution in [3.63, 3.8) is 0 Å². The summed E-state index contributed by atoms with van der Waals surface area (Å²) in [6.45, 7) is 1.49. The van der Waals surface area contributed by atoms with Gasteiger partial charge in [0.05, 0.1) is 12.3 Å². The van der Waals surface area contributed by atoms with Gasteiger partial charge in [-0.3, -0.25) is 4.68 Å².